The monoisotopic (exact) mass is 288 g/mol. The number of hydrogen-bond donors (Lipinski definition) is 2. The normalized spacial score (nSPS) is 10.3. The molecule has 112 valence electrons. The quantitative estimate of drug-likeness (QED) is 0.726. The van der Waals surface area contributed by atoms with Crippen molar-refractivity contribution in [3.05, 3.63) is 54.0 Å². The minimum atomic E-state index is -0.0406. The first-order valence-electron chi connectivity index (χ1n) is 6.90. The zero-order valence-corrected chi connectivity index (χ0v) is 12.1. The molecule has 1 aromatic carbocycles. The van der Waals surface area contributed by atoms with Gasteiger partial charge >= 0.3 is 0 Å². The second kappa shape index (κ2) is 8.11. The van der Waals surface area contributed by atoms with Crippen LogP contribution in [0.25, 0.3) is 0 Å². The Hall–Kier alpha value is -2.27. The van der Waals surface area contributed by atoms with Crippen LogP contribution in [-0.2, 0) is 17.8 Å². The van der Waals surface area contributed by atoms with Crippen molar-refractivity contribution in [2.24, 2.45) is 0 Å². The lowest BCUT2D eigenvalue weighted by Crippen LogP contribution is -2.34. The highest BCUT2D eigenvalue weighted by Crippen LogP contribution is 2.11. The molecular formula is C16H20N2O3. The van der Waals surface area contributed by atoms with E-state index in [1.165, 1.54) is 5.56 Å². The van der Waals surface area contributed by atoms with Gasteiger partial charge in [-0.05, 0) is 42.8 Å². The maximum absolute atomic E-state index is 11.6. The first-order valence-corrected chi connectivity index (χ1v) is 6.90. The molecule has 2 N–H and O–H groups in total. The predicted molar refractivity (Wildman–Crippen MR) is 80.1 cm³/mol. The minimum absolute atomic E-state index is 0.0406. The van der Waals surface area contributed by atoms with Crippen LogP contribution in [0.5, 0.6) is 5.75 Å². The fourth-order valence-electron chi connectivity index (χ4n) is 1.89. The van der Waals surface area contributed by atoms with E-state index >= 15 is 0 Å². The van der Waals surface area contributed by atoms with Crippen molar-refractivity contribution in [2.75, 3.05) is 20.2 Å². The van der Waals surface area contributed by atoms with Crippen LogP contribution in [0, 0.1) is 0 Å². The summed E-state index contributed by atoms with van der Waals surface area (Å²) in [7, 11) is 1.65. The van der Waals surface area contributed by atoms with Crippen LogP contribution in [-0.4, -0.2) is 26.1 Å². The molecule has 0 saturated carbocycles. The maximum Gasteiger partial charge on any atom is 0.234 e. The maximum atomic E-state index is 11.6. The summed E-state index contributed by atoms with van der Waals surface area (Å²) in [5.74, 6) is 1.56. The van der Waals surface area contributed by atoms with Crippen molar-refractivity contribution in [3.63, 3.8) is 0 Å². The number of nitrogens with one attached hydrogen (secondary N) is 2. The Balaban J connectivity index is 1.59. The Morgan fingerprint density at radius 2 is 2.05 bits per heavy atom. The number of carbonyl (C=O) groups excluding carboxylic acids is 1. The lowest BCUT2D eigenvalue weighted by Gasteiger charge is -2.06. The number of furan rings is 1. The minimum Gasteiger partial charge on any atom is -0.497 e. The van der Waals surface area contributed by atoms with Crippen LogP contribution >= 0.6 is 0 Å². The van der Waals surface area contributed by atoms with Crippen LogP contribution in [0.2, 0.25) is 0 Å². The van der Waals surface area contributed by atoms with Crippen LogP contribution in [0.3, 0.4) is 0 Å². The Labute approximate surface area is 124 Å². The van der Waals surface area contributed by atoms with Gasteiger partial charge in [-0.1, -0.05) is 12.1 Å². The molecule has 1 heterocycles. The van der Waals surface area contributed by atoms with E-state index in [2.05, 4.69) is 10.6 Å². The fourth-order valence-corrected chi connectivity index (χ4v) is 1.89. The largest absolute Gasteiger partial charge is 0.497 e. The van der Waals surface area contributed by atoms with Crippen LogP contribution in [0.15, 0.2) is 47.1 Å². The molecule has 5 heteroatoms. The molecule has 21 heavy (non-hydrogen) atoms. The van der Waals surface area contributed by atoms with Gasteiger partial charge in [0.1, 0.15) is 11.5 Å². The number of benzene rings is 1. The van der Waals surface area contributed by atoms with Crippen LogP contribution in [0.1, 0.15) is 11.3 Å². The molecule has 0 radical (unpaired) electrons. The van der Waals surface area contributed by atoms with Crippen molar-refractivity contribution < 1.29 is 13.9 Å². The van der Waals surface area contributed by atoms with Crippen LogP contribution < -0.4 is 15.4 Å². The van der Waals surface area contributed by atoms with Crippen molar-refractivity contribution >= 4 is 5.91 Å². The zero-order valence-electron chi connectivity index (χ0n) is 12.1. The van der Waals surface area contributed by atoms with E-state index in [9.17, 15) is 4.79 Å². The van der Waals surface area contributed by atoms with E-state index in [1.807, 2.05) is 30.3 Å². The number of ether oxygens (including phenoxy) is 1. The lowest BCUT2D eigenvalue weighted by molar-refractivity contribution is -0.120. The molecule has 0 spiro atoms. The average Bonchev–Trinajstić information content (AvgIpc) is 3.03. The first kappa shape index (κ1) is 15.1. The van der Waals surface area contributed by atoms with Gasteiger partial charge in [0, 0.05) is 0 Å². The molecule has 0 bridgehead atoms. The van der Waals surface area contributed by atoms with Gasteiger partial charge in [0.2, 0.25) is 5.91 Å². The van der Waals surface area contributed by atoms with E-state index in [0.717, 1.165) is 24.5 Å². The third kappa shape index (κ3) is 5.31. The standard InChI is InChI=1S/C16H20N2O3/c1-20-14-6-4-13(5-7-14)8-9-17-12-16(19)18-11-15-3-2-10-21-15/h2-7,10,17H,8-9,11-12H2,1H3,(H,18,19). The molecule has 0 fully saturated rings. The van der Waals surface area contributed by atoms with Crippen molar-refractivity contribution in [3.8, 4) is 5.75 Å². The highest BCUT2D eigenvalue weighted by atomic mass is 16.5. The zero-order chi connectivity index (χ0) is 14.9. The smallest absolute Gasteiger partial charge is 0.234 e. The second-order valence-corrected chi connectivity index (χ2v) is 4.63. The molecule has 0 unspecified atom stereocenters. The predicted octanol–water partition coefficient (Wildman–Crippen LogP) is 1.74. The van der Waals surface area contributed by atoms with E-state index in [4.69, 9.17) is 9.15 Å². The molecule has 0 aliphatic carbocycles. The third-order valence-corrected chi connectivity index (χ3v) is 3.07. The Bertz CT molecular complexity index is 535. The highest BCUT2D eigenvalue weighted by Gasteiger charge is 2.02. The van der Waals surface area contributed by atoms with Gasteiger partial charge in [0.15, 0.2) is 0 Å². The SMILES string of the molecule is COc1ccc(CCNCC(=O)NCc2ccco2)cc1. The number of hydrogen-bond acceptors (Lipinski definition) is 4. The number of amides is 1. The Morgan fingerprint density at radius 1 is 1.24 bits per heavy atom. The van der Waals surface area contributed by atoms with E-state index < -0.39 is 0 Å². The summed E-state index contributed by atoms with van der Waals surface area (Å²) in [6.45, 7) is 1.48. The summed E-state index contributed by atoms with van der Waals surface area (Å²) in [5, 5.41) is 5.91. The molecule has 2 rings (SSSR count). The van der Waals surface area contributed by atoms with Gasteiger partial charge < -0.3 is 19.8 Å². The summed E-state index contributed by atoms with van der Waals surface area (Å²) < 4.78 is 10.2. The Morgan fingerprint density at radius 3 is 2.71 bits per heavy atom. The van der Waals surface area contributed by atoms with Gasteiger partial charge in [-0.25, -0.2) is 0 Å². The molecule has 2 aromatic rings. The Kier molecular flexibility index (Phi) is 5.84. The van der Waals surface area contributed by atoms with E-state index in [-0.39, 0.29) is 5.91 Å². The van der Waals surface area contributed by atoms with Gasteiger partial charge in [-0.15, -0.1) is 0 Å². The topological polar surface area (TPSA) is 63.5 Å². The summed E-state index contributed by atoms with van der Waals surface area (Å²) >= 11 is 0. The van der Waals surface area contributed by atoms with E-state index in [0.29, 0.717) is 13.1 Å². The van der Waals surface area contributed by atoms with Crippen molar-refractivity contribution in [1.82, 2.24) is 10.6 Å². The van der Waals surface area contributed by atoms with Gasteiger partial charge in [-0.3, -0.25) is 4.79 Å². The average molecular weight is 288 g/mol. The molecule has 1 amide bonds. The molecule has 1 aromatic heterocycles. The molecule has 0 aliphatic rings. The van der Waals surface area contributed by atoms with Gasteiger partial charge in [-0.2, -0.15) is 0 Å². The molecule has 0 aliphatic heterocycles. The lowest BCUT2D eigenvalue weighted by atomic mass is 10.1. The second-order valence-electron chi connectivity index (χ2n) is 4.63. The number of rotatable bonds is 8. The summed E-state index contributed by atoms with van der Waals surface area (Å²) in [6, 6.07) is 11.6. The first-order chi connectivity index (χ1) is 10.3. The van der Waals surface area contributed by atoms with Crippen molar-refractivity contribution in [1.29, 1.82) is 0 Å². The molecule has 0 saturated heterocycles. The summed E-state index contributed by atoms with van der Waals surface area (Å²) in [4.78, 5) is 11.6. The van der Waals surface area contributed by atoms with Gasteiger partial charge in [0.05, 0.1) is 26.5 Å². The van der Waals surface area contributed by atoms with Gasteiger partial charge in [0.25, 0.3) is 0 Å². The molecule has 5 nitrogen and oxygen atoms in total. The summed E-state index contributed by atoms with van der Waals surface area (Å²) in [5.41, 5.74) is 1.21. The highest BCUT2D eigenvalue weighted by molar-refractivity contribution is 5.77. The summed E-state index contributed by atoms with van der Waals surface area (Å²) in [6.07, 6.45) is 2.46. The van der Waals surface area contributed by atoms with Crippen LogP contribution in [0.4, 0.5) is 0 Å². The molecule has 0 atom stereocenters. The number of carbonyl (C=O) groups is 1. The van der Waals surface area contributed by atoms with E-state index in [1.54, 1.807) is 19.4 Å². The fraction of sp³-hybridized carbons (Fsp3) is 0.312. The van der Waals surface area contributed by atoms with Crippen molar-refractivity contribution in [2.45, 2.75) is 13.0 Å². The third-order valence-electron chi connectivity index (χ3n) is 3.07. The number of methoxy groups -OCH3 is 1. The molecular weight excluding hydrogens is 268 g/mol.